The highest BCUT2D eigenvalue weighted by molar-refractivity contribution is 9.09. The first-order valence-corrected chi connectivity index (χ1v) is 16.0. The van der Waals surface area contributed by atoms with Gasteiger partial charge < -0.3 is 19.6 Å². The van der Waals surface area contributed by atoms with Crippen molar-refractivity contribution in [2.45, 2.75) is 79.8 Å². The fourth-order valence-electron chi connectivity index (χ4n) is 6.68. The van der Waals surface area contributed by atoms with Crippen LogP contribution in [0.3, 0.4) is 0 Å². The fourth-order valence-corrected chi connectivity index (χ4v) is 10.3. The number of hydrogen-bond donors (Lipinski definition) is 1. The number of thioether (sulfide) groups is 1. The van der Waals surface area contributed by atoms with E-state index in [0.29, 0.717) is 19.4 Å². The Morgan fingerprint density at radius 3 is 2.70 bits per heavy atom. The number of likely N-dealkylation sites (tertiary alicyclic amines) is 1. The number of anilines is 1. The number of aliphatic hydroxyl groups excluding tert-OH is 1. The minimum atomic E-state index is -0.831. The largest absolute Gasteiger partial charge is 0.465 e. The van der Waals surface area contributed by atoms with Crippen LogP contribution in [0, 0.1) is 25.7 Å². The van der Waals surface area contributed by atoms with Gasteiger partial charge in [0.15, 0.2) is 0 Å². The molecule has 0 radical (unpaired) electrons. The van der Waals surface area contributed by atoms with Gasteiger partial charge in [0.2, 0.25) is 5.91 Å². The molecule has 1 aromatic rings. The fraction of sp³-hybridized carbons (Fsp3) is 0.581. The summed E-state index contributed by atoms with van der Waals surface area (Å²) >= 11 is 5.38. The molecule has 0 aliphatic carbocycles. The molecule has 0 saturated carbocycles. The smallest absolute Gasteiger partial charge is 0.310 e. The lowest BCUT2D eigenvalue weighted by Gasteiger charge is -2.40. The summed E-state index contributed by atoms with van der Waals surface area (Å²) in [4.78, 5) is 45.8. The molecule has 0 aromatic heterocycles. The third kappa shape index (κ3) is 5.29. The Labute approximate surface area is 250 Å². The molecule has 7 nitrogen and oxygen atoms in total. The molecule has 1 N–H and O–H groups in total. The molecule has 3 unspecified atom stereocenters. The van der Waals surface area contributed by atoms with Gasteiger partial charge in [-0.05, 0) is 63.1 Å². The first-order chi connectivity index (χ1) is 19.2. The van der Waals surface area contributed by atoms with Crippen molar-refractivity contribution in [1.29, 1.82) is 0 Å². The van der Waals surface area contributed by atoms with Crippen molar-refractivity contribution >= 4 is 51.2 Å². The van der Waals surface area contributed by atoms with E-state index in [1.54, 1.807) is 27.6 Å². The summed E-state index contributed by atoms with van der Waals surface area (Å²) in [6.07, 6.45) is 7.06. The second kappa shape index (κ2) is 12.8. The third-order valence-corrected chi connectivity index (χ3v) is 11.8. The number of esters is 1. The molecule has 3 aliphatic heterocycles. The van der Waals surface area contributed by atoms with Crippen LogP contribution in [-0.4, -0.2) is 74.5 Å². The van der Waals surface area contributed by atoms with Crippen molar-refractivity contribution in [3.8, 4) is 0 Å². The number of halogens is 1. The van der Waals surface area contributed by atoms with E-state index in [0.717, 1.165) is 36.1 Å². The molecule has 7 atom stereocenters. The van der Waals surface area contributed by atoms with Crippen molar-refractivity contribution in [2.75, 3.05) is 24.7 Å². The first kappa shape index (κ1) is 30.8. The van der Waals surface area contributed by atoms with Crippen molar-refractivity contribution in [1.82, 2.24) is 4.90 Å². The average Bonchev–Trinajstić information content (AvgIpc) is 3.52. The van der Waals surface area contributed by atoms with E-state index in [-0.39, 0.29) is 41.0 Å². The van der Waals surface area contributed by atoms with Crippen LogP contribution in [0.15, 0.2) is 43.5 Å². The zero-order valence-electron chi connectivity index (χ0n) is 23.7. The van der Waals surface area contributed by atoms with Gasteiger partial charge in [-0.25, -0.2) is 0 Å². The van der Waals surface area contributed by atoms with Crippen LogP contribution in [0.4, 0.5) is 5.69 Å². The number of aliphatic hydroxyl groups is 1. The summed E-state index contributed by atoms with van der Waals surface area (Å²) in [5, 5.41) is 10.2. The molecule has 1 spiro atoms. The van der Waals surface area contributed by atoms with Crippen LogP contribution in [-0.2, 0) is 19.1 Å². The topological polar surface area (TPSA) is 87.2 Å². The highest BCUT2D eigenvalue weighted by Gasteiger charge is 2.76. The summed E-state index contributed by atoms with van der Waals surface area (Å²) in [5.74, 6) is -2.15. The molecular weight excluding hydrogens is 592 g/mol. The summed E-state index contributed by atoms with van der Waals surface area (Å²) in [6, 6.07) is 4.61. The molecule has 3 fully saturated rings. The van der Waals surface area contributed by atoms with Crippen molar-refractivity contribution in [3.63, 3.8) is 0 Å². The van der Waals surface area contributed by atoms with Gasteiger partial charge in [-0.3, -0.25) is 14.4 Å². The van der Waals surface area contributed by atoms with E-state index in [1.807, 2.05) is 45.0 Å². The SMILES string of the molecule is C=CCCCCOC(=O)[C@H]1[C@@H]2SC3(CC2Br)C(C(=O)N(CC=C)c2cc(C)ccc2C)N([C@@H](CC)CO)C(=O)[C@H]13. The number of amides is 2. The van der Waals surface area contributed by atoms with Crippen molar-refractivity contribution in [3.05, 3.63) is 54.6 Å². The van der Waals surface area contributed by atoms with Gasteiger partial charge >= 0.3 is 5.97 Å². The van der Waals surface area contributed by atoms with E-state index >= 15 is 0 Å². The van der Waals surface area contributed by atoms with Crippen LogP contribution in [0.25, 0.3) is 0 Å². The number of aryl methyl sites for hydroxylation is 2. The van der Waals surface area contributed by atoms with Gasteiger partial charge in [0.05, 0.1) is 35.8 Å². The predicted molar refractivity (Wildman–Crippen MR) is 164 cm³/mol. The maximum absolute atomic E-state index is 14.7. The summed E-state index contributed by atoms with van der Waals surface area (Å²) in [5.41, 5.74) is 2.74. The van der Waals surface area contributed by atoms with Crippen molar-refractivity contribution in [2.24, 2.45) is 11.8 Å². The Morgan fingerprint density at radius 2 is 2.05 bits per heavy atom. The quantitative estimate of drug-likeness (QED) is 0.143. The van der Waals surface area contributed by atoms with Gasteiger partial charge in [-0.15, -0.1) is 24.9 Å². The Kier molecular flexibility index (Phi) is 9.89. The minimum Gasteiger partial charge on any atom is -0.465 e. The Hall–Kier alpha value is -2.10. The molecule has 1 aromatic carbocycles. The van der Waals surface area contributed by atoms with Gasteiger partial charge in [-0.2, -0.15) is 0 Å². The molecule has 3 aliphatic rings. The Balaban J connectivity index is 1.75. The molecule has 4 rings (SSSR count). The van der Waals surface area contributed by atoms with Gasteiger partial charge in [0.25, 0.3) is 5.91 Å². The molecule has 40 heavy (non-hydrogen) atoms. The highest BCUT2D eigenvalue weighted by atomic mass is 79.9. The number of unbranched alkanes of at least 4 members (excludes halogenated alkanes) is 2. The van der Waals surface area contributed by atoms with Crippen LogP contribution >= 0.6 is 27.7 Å². The van der Waals surface area contributed by atoms with Crippen LogP contribution in [0.1, 0.15) is 50.2 Å². The number of nitrogens with zero attached hydrogens (tertiary/aromatic N) is 2. The van der Waals surface area contributed by atoms with Crippen LogP contribution in [0.5, 0.6) is 0 Å². The molecule has 218 valence electrons. The Bertz CT molecular complexity index is 1160. The van der Waals surface area contributed by atoms with E-state index in [4.69, 9.17) is 4.74 Å². The van der Waals surface area contributed by atoms with E-state index in [9.17, 15) is 19.5 Å². The summed E-state index contributed by atoms with van der Waals surface area (Å²) < 4.78 is 4.91. The third-order valence-electron chi connectivity index (χ3n) is 8.59. The minimum absolute atomic E-state index is 0.0436. The van der Waals surface area contributed by atoms with Gasteiger partial charge in [0.1, 0.15) is 6.04 Å². The average molecular weight is 634 g/mol. The van der Waals surface area contributed by atoms with Gasteiger partial charge in [-0.1, -0.05) is 47.1 Å². The maximum atomic E-state index is 14.7. The molecular formula is C31H41BrN2O5S. The molecule has 2 bridgehead atoms. The number of ether oxygens (including phenoxy) is 1. The summed E-state index contributed by atoms with van der Waals surface area (Å²) in [6.45, 7) is 13.8. The number of fused-ring (bicyclic) bond motifs is 1. The van der Waals surface area contributed by atoms with E-state index in [1.165, 1.54) is 0 Å². The summed E-state index contributed by atoms with van der Waals surface area (Å²) in [7, 11) is 0. The van der Waals surface area contributed by atoms with Crippen molar-refractivity contribution < 1.29 is 24.2 Å². The lowest BCUT2D eigenvalue weighted by Crippen LogP contribution is -2.58. The zero-order valence-corrected chi connectivity index (χ0v) is 26.1. The molecule has 3 heterocycles. The number of hydrogen-bond acceptors (Lipinski definition) is 6. The number of rotatable bonds is 13. The highest BCUT2D eigenvalue weighted by Crippen LogP contribution is 2.68. The maximum Gasteiger partial charge on any atom is 0.310 e. The first-order valence-electron chi connectivity index (χ1n) is 14.2. The predicted octanol–water partition coefficient (Wildman–Crippen LogP) is 4.96. The van der Waals surface area contributed by atoms with Crippen LogP contribution < -0.4 is 4.90 Å². The lowest BCUT2D eigenvalue weighted by molar-refractivity contribution is -0.154. The lowest BCUT2D eigenvalue weighted by atomic mass is 9.71. The molecule has 9 heteroatoms. The van der Waals surface area contributed by atoms with E-state index in [2.05, 4.69) is 29.1 Å². The second-order valence-corrected chi connectivity index (χ2v) is 13.8. The van der Waals surface area contributed by atoms with Crippen LogP contribution in [0.2, 0.25) is 0 Å². The van der Waals surface area contributed by atoms with Gasteiger partial charge in [0, 0.05) is 22.3 Å². The van der Waals surface area contributed by atoms with E-state index < -0.39 is 28.7 Å². The number of benzene rings is 1. The second-order valence-electron chi connectivity index (χ2n) is 11.1. The Morgan fingerprint density at radius 1 is 1.30 bits per heavy atom. The number of allylic oxidation sites excluding steroid dienone is 1. The number of carbonyl (C=O) groups is 3. The molecule has 3 saturated heterocycles. The zero-order chi connectivity index (χ0) is 29.2. The molecule has 2 amide bonds. The normalized spacial score (nSPS) is 29.3. The standard InChI is InChI=1S/C31H41BrN2O5S/c1-6-9-10-11-15-39-30(38)24-25-28(36)34(21(8-3)18-35)27(31(25)17-22(32)26(24)40-31)29(37)33(14-7-2)23-16-19(4)12-13-20(23)5/h6-7,12-13,16,21-22,24-27,35H,1-2,8-11,14-15,17-18H2,3-5H3/t21-,22?,24+,25-,26+,27?,31?/m0/s1. The number of alkyl halides is 1. The monoisotopic (exact) mass is 632 g/mol. The number of carbonyl (C=O) groups excluding carboxylic acids is 3.